The molecule has 2 bridgehead atoms. The lowest BCUT2D eigenvalue weighted by Crippen LogP contribution is -2.45. The predicted octanol–water partition coefficient (Wildman–Crippen LogP) is 2.88. The second kappa shape index (κ2) is 4.28. The van der Waals surface area contributed by atoms with Crippen LogP contribution in [0.5, 0.6) is 0 Å². The molecule has 0 aromatic carbocycles. The monoisotopic (exact) mass is 240 g/mol. The van der Waals surface area contributed by atoms with Gasteiger partial charge in [-0.05, 0) is 43.1 Å². The molecule has 0 aromatic rings. The Hall–Kier alpha value is -0.123. The van der Waals surface area contributed by atoms with Gasteiger partial charge in [-0.1, -0.05) is 25.0 Å². The highest BCUT2D eigenvalue weighted by Crippen LogP contribution is 2.60. The van der Waals surface area contributed by atoms with Crippen molar-refractivity contribution in [2.24, 2.45) is 17.3 Å². The van der Waals surface area contributed by atoms with Gasteiger partial charge in [-0.25, -0.2) is 0 Å². The highest BCUT2D eigenvalue weighted by atomic mass is 28.3. The molecule has 16 heavy (non-hydrogen) atoms. The lowest BCUT2D eigenvalue weighted by Gasteiger charge is -2.55. The molecule has 2 atom stereocenters. The van der Waals surface area contributed by atoms with Gasteiger partial charge in [-0.2, -0.15) is 0 Å². The summed E-state index contributed by atoms with van der Waals surface area (Å²) in [4.78, 5) is 0. The van der Waals surface area contributed by atoms with E-state index in [1.807, 2.05) is 0 Å². The zero-order valence-corrected chi connectivity index (χ0v) is 12.3. The van der Waals surface area contributed by atoms with Gasteiger partial charge >= 0.3 is 9.28 Å². The van der Waals surface area contributed by atoms with Crippen LogP contribution in [0.25, 0.3) is 0 Å². The molecule has 0 spiro atoms. The molecule has 1 fully saturated rings. The largest absolute Gasteiger partial charge is 0.400 e. The summed E-state index contributed by atoms with van der Waals surface area (Å²) >= 11 is 0. The van der Waals surface area contributed by atoms with Crippen LogP contribution in [0.3, 0.4) is 0 Å². The van der Waals surface area contributed by atoms with E-state index in [0.29, 0.717) is 5.41 Å². The van der Waals surface area contributed by atoms with Crippen LogP contribution in [0.1, 0.15) is 33.6 Å². The van der Waals surface area contributed by atoms with Crippen molar-refractivity contribution in [1.82, 2.24) is 0 Å². The van der Waals surface area contributed by atoms with E-state index in [9.17, 15) is 0 Å². The Bertz CT molecular complexity index is 305. The van der Waals surface area contributed by atoms with Gasteiger partial charge in [0.2, 0.25) is 0 Å². The normalized spacial score (nSPS) is 31.9. The number of rotatable bonds is 4. The fourth-order valence-electron chi connectivity index (χ4n) is 3.49. The van der Waals surface area contributed by atoms with E-state index in [2.05, 4.69) is 20.8 Å². The quantitative estimate of drug-likeness (QED) is 0.556. The Labute approximate surface area is 101 Å². The van der Waals surface area contributed by atoms with Crippen molar-refractivity contribution in [2.45, 2.75) is 39.7 Å². The SMILES string of the molecule is CO[SiH](CC1CC2CC(=C1C)C2(C)C)OC. The van der Waals surface area contributed by atoms with E-state index in [1.54, 1.807) is 25.4 Å². The average molecular weight is 240 g/mol. The first-order valence-electron chi connectivity index (χ1n) is 6.26. The van der Waals surface area contributed by atoms with Gasteiger partial charge in [0.25, 0.3) is 0 Å². The third-order valence-corrected chi connectivity index (χ3v) is 6.91. The second-order valence-electron chi connectivity index (χ2n) is 5.85. The molecule has 0 radical (unpaired) electrons. The maximum atomic E-state index is 5.45. The Morgan fingerprint density at radius 3 is 2.38 bits per heavy atom. The molecule has 2 nitrogen and oxygen atoms in total. The first-order chi connectivity index (χ1) is 7.50. The molecule has 0 aliphatic heterocycles. The zero-order valence-electron chi connectivity index (χ0n) is 11.2. The second-order valence-corrected chi connectivity index (χ2v) is 8.13. The Kier molecular flexibility index (Phi) is 3.30. The predicted molar refractivity (Wildman–Crippen MR) is 68.7 cm³/mol. The Balaban J connectivity index is 2.08. The standard InChI is InChI=1S/C13H24O2Si/c1-9-10(8-16(14-4)15-5)6-11-7-12(9)13(11,2)3/h10-11,16H,6-8H2,1-5H3. The maximum Gasteiger partial charge on any atom is 0.321 e. The number of allylic oxidation sites excluding steroid dienone is 2. The molecule has 0 saturated heterocycles. The Morgan fingerprint density at radius 2 is 1.94 bits per heavy atom. The summed E-state index contributed by atoms with van der Waals surface area (Å²) in [5, 5.41) is 0. The van der Waals surface area contributed by atoms with Crippen molar-refractivity contribution in [2.75, 3.05) is 14.2 Å². The first kappa shape index (κ1) is 12.3. The lowest BCUT2D eigenvalue weighted by molar-refractivity contribution is 0.110. The van der Waals surface area contributed by atoms with E-state index in [-0.39, 0.29) is 0 Å². The Morgan fingerprint density at radius 1 is 1.31 bits per heavy atom. The lowest BCUT2D eigenvalue weighted by atomic mass is 9.50. The highest BCUT2D eigenvalue weighted by Gasteiger charge is 2.49. The summed E-state index contributed by atoms with van der Waals surface area (Å²) in [6.07, 6.45) is 2.69. The van der Waals surface area contributed by atoms with Crippen LogP contribution in [0, 0.1) is 17.3 Å². The van der Waals surface area contributed by atoms with Gasteiger partial charge in [-0.15, -0.1) is 0 Å². The van der Waals surface area contributed by atoms with Crippen molar-refractivity contribution in [3.63, 3.8) is 0 Å². The van der Waals surface area contributed by atoms with Crippen LogP contribution in [0.15, 0.2) is 11.1 Å². The van der Waals surface area contributed by atoms with E-state index >= 15 is 0 Å². The third-order valence-electron chi connectivity index (χ3n) is 4.91. The molecular weight excluding hydrogens is 216 g/mol. The van der Waals surface area contributed by atoms with Gasteiger partial charge in [-0.3, -0.25) is 0 Å². The van der Waals surface area contributed by atoms with E-state index in [0.717, 1.165) is 17.9 Å². The van der Waals surface area contributed by atoms with E-state index < -0.39 is 9.28 Å². The third kappa shape index (κ3) is 1.79. The van der Waals surface area contributed by atoms with Crippen LogP contribution in [0.4, 0.5) is 0 Å². The van der Waals surface area contributed by atoms with Gasteiger partial charge < -0.3 is 8.85 Å². The molecule has 0 aromatic heterocycles. The highest BCUT2D eigenvalue weighted by molar-refractivity contribution is 6.44. The first-order valence-corrected chi connectivity index (χ1v) is 8.02. The topological polar surface area (TPSA) is 18.5 Å². The summed E-state index contributed by atoms with van der Waals surface area (Å²) in [6.45, 7) is 7.13. The van der Waals surface area contributed by atoms with Crippen molar-refractivity contribution in [3.05, 3.63) is 11.1 Å². The van der Waals surface area contributed by atoms with E-state index in [1.165, 1.54) is 12.8 Å². The number of fused-ring (bicyclic) bond motifs is 2. The van der Waals surface area contributed by atoms with Crippen molar-refractivity contribution >= 4 is 9.28 Å². The molecule has 0 N–H and O–H groups in total. The number of hydrogen-bond donors (Lipinski definition) is 0. The molecule has 3 rings (SSSR count). The average Bonchev–Trinajstić information content (AvgIpc) is 2.26. The molecule has 92 valence electrons. The summed E-state index contributed by atoms with van der Waals surface area (Å²) in [7, 11) is 2.19. The van der Waals surface area contributed by atoms with E-state index in [4.69, 9.17) is 8.85 Å². The molecule has 2 unspecified atom stereocenters. The molecule has 3 aliphatic carbocycles. The summed E-state index contributed by atoms with van der Waals surface area (Å²) in [5.74, 6) is 1.64. The molecular formula is C13H24O2Si. The molecule has 1 saturated carbocycles. The smallest absolute Gasteiger partial charge is 0.321 e. The zero-order chi connectivity index (χ0) is 11.9. The minimum atomic E-state index is -1.39. The maximum absolute atomic E-state index is 5.45. The van der Waals surface area contributed by atoms with Gasteiger partial charge in [0.15, 0.2) is 0 Å². The van der Waals surface area contributed by atoms with Crippen LogP contribution in [-0.4, -0.2) is 23.5 Å². The molecule has 0 amide bonds. The fraction of sp³-hybridized carbons (Fsp3) is 0.846. The van der Waals surface area contributed by atoms with Gasteiger partial charge in [0.1, 0.15) is 0 Å². The minimum Gasteiger partial charge on any atom is -0.400 e. The summed E-state index contributed by atoms with van der Waals surface area (Å²) < 4.78 is 10.9. The minimum absolute atomic E-state index is 0.484. The van der Waals surface area contributed by atoms with Crippen molar-refractivity contribution in [3.8, 4) is 0 Å². The van der Waals surface area contributed by atoms with Gasteiger partial charge in [0, 0.05) is 14.2 Å². The number of hydrogen-bond acceptors (Lipinski definition) is 2. The van der Waals surface area contributed by atoms with Crippen molar-refractivity contribution in [1.29, 1.82) is 0 Å². The van der Waals surface area contributed by atoms with Crippen LogP contribution < -0.4 is 0 Å². The van der Waals surface area contributed by atoms with Crippen LogP contribution in [-0.2, 0) is 8.85 Å². The van der Waals surface area contributed by atoms with Gasteiger partial charge in [0.05, 0.1) is 0 Å². The molecule has 3 aliphatic rings. The summed E-state index contributed by atoms with van der Waals surface area (Å²) in [6, 6.07) is 1.15. The van der Waals surface area contributed by atoms with Crippen molar-refractivity contribution < 1.29 is 8.85 Å². The van der Waals surface area contributed by atoms with Crippen LogP contribution in [0.2, 0.25) is 6.04 Å². The molecule has 3 heteroatoms. The fourth-order valence-corrected chi connectivity index (χ4v) is 5.08. The van der Waals surface area contributed by atoms with Crippen LogP contribution >= 0.6 is 0 Å². The summed E-state index contributed by atoms with van der Waals surface area (Å²) in [5.41, 5.74) is 3.84. The molecule has 0 heterocycles.